The second-order valence-electron chi connectivity index (χ2n) is 8.66. The summed E-state index contributed by atoms with van der Waals surface area (Å²) in [5, 5.41) is 9.27. The SMILES string of the molecule is CC(C)(C)OC(=O)NCC1Cn2c(cc3ccc(C(=O)Nc4cccnc4)cc32)C(=O)N1. The number of hydrogen-bond acceptors (Lipinski definition) is 5. The van der Waals surface area contributed by atoms with E-state index in [0.717, 1.165) is 10.9 Å². The number of anilines is 1. The third kappa shape index (κ3) is 4.72. The molecular weight excluding hydrogens is 410 g/mol. The lowest BCUT2D eigenvalue weighted by molar-refractivity contribution is 0.0516. The van der Waals surface area contributed by atoms with Crippen molar-refractivity contribution in [2.45, 2.75) is 39.0 Å². The Balaban J connectivity index is 1.52. The van der Waals surface area contributed by atoms with E-state index >= 15 is 0 Å². The molecule has 1 aliphatic rings. The fourth-order valence-corrected chi connectivity index (χ4v) is 3.58. The van der Waals surface area contributed by atoms with Crippen LogP contribution >= 0.6 is 0 Å². The van der Waals surface area contributed by atoms with Crippen molar-refractivity contribution in [2.75, 3.05) is 11.9 Å². The molecule has 0 bridgehead atoms. The standard InChI is InChI=1S/C23H25N5O4/c1-23(2,3)32-22(31)25-12-17-13-28-18-10-15(20(29)26-16-5-4-8-24-11-16)7-6-14(18)9-19(28)21(30)27-17/h4-11,17H,12-13H2,1-3H3,(H,25,31)(H,26,29)(H,27,30). The zero-order valence-electron chi connectivity index (χ0n) is 18.1. The fraction of sp³-hybridized carbons (Fsp3) is 0.304. The van der Waals surface area contributed by atoms with E-state index in [2.05, 4.69) is 20.9 Å². The van der Waals surface area contributed by atoms with Crippen LogP contribution in [0.5, 0.6) is 0 Å². The average Bonchev–Trinajstić information content (AvgIpc) is 3.10. The van der Waals surface area contributed by atoms with Crippen LogP contribution in [0.3, 0.4) is 0 Å². The maximum absolute atomic E-state index is 12.7. The molecule has 1 atom stereocenters. The Hall–Kier alpha value is -3.88. The molecule has 0 spiro atoms. The fourth-order valence-electron chi connectivity index (χ4n) is 3.58. The van der Waals surface area contributed by atoms with Crippen LogP contribution in [0.1, 0.15) is 41.6 Å². The van der Waals surface area contributed by atoms with Crippen LogP contribution in [0.2, 0.25) is 0 Å². The van der Waals surface area contributed by atoms with Gasteiger partial charge in [-0.2, -0.15) is 0 Å². The number of amides is 3. The van der Waals surface area contributed by atoms with Crippen molar-refractivity contribution < 1.29 is 19.1 Å². The second kappa shape index (κ2) is 8.33. The molecule has 3 aromatic rings. The first-order valence-corrected chi connectivity index (χ1v) is 10.3. The van der Waals surface area contributed by atoms with Gasteiger partial charge in [-0.25, -0.2) is 4.79 Å². The number of nitrogens with zero attached hydrogens (tertiary/aromatic N) is 2. The highest BCUT2D eigenvalue weighted by Gasteiger charge is 2.27. The van der Waals surface area contributed by atoms with Gasteiger partial charge in [0.15, 0.2) is 0 Å². The van der Waals surface area contributed by atoms with Crippen LogP contribution in [0.25, 0.3) is 10.9 Å². The number of carbonyl (C=O) groups excluding carboxylic acids is 3. The summed E-state index contributed by atoms with van der Waals surface area (Å²) in [4.78, 5) is 41.3. The van der Waals surface area contributed by atoms with Gasteiger partial charge in [0.1, 0.15) is 11.3 Å². The van der Waals surface area contributed by atoms with Crippen LogP contribution in [-0.2, 0) is 11.3 Å². The molecule has 166 valence electrons. The number of ether oxygens (including phenoxy) is 1. The quantitative estimate of drug-likeness (QED) is 0.583. The van der Waals surface area contributed by atoms with Gasteiger partial charge < -0.3 is 25.3 Å². The first-order valence-electron chi connectivity index (χ1n) is 10.3. The molecule has 3 heterocycles. The lowest BCUT2D eigenvalue weighted by Crippen LogP contribution is -2.50. The van der Waals surface area contributed by atoms with Gasteiger partial charge in [0.2, 0.25) is 0 Å². The minimum Gasteiger partial charge on any atom is -0.444 e. The van der Waals surface area contributed by atoms with Crippen LogP contribution in [0.4, 0.5) is 10.5 Å². The summed E-state index contributed by atoms with van der Waals surface area (Å²) < 4.78 is 7.12. The number of pyridine rings is 1. The lowest BCUT2D eigenvalue weighted by atomic mass is 10.1. The third-order valence-corrected chi connectivity index (χ3v) is 4.95. The van der Waals surface area contributed by atoms with Crippen molar-refractivity contribution in [3.8, 4) is 0 Å². The molecular formula is C23H25N5O4. The highest BCUT2D eigenvalue weighted by Crippen LogP contribution is 2.25. The molecule has 0 saturated carbocycles. The molecule has 1 unspecified atom stereocenters. The van der Waals surface area contributed by atoms with Crippen molar-refractivity contribution in [3.05, 3.63) is 60.0 Å². The highest BCUT2D eigenvalue weighted by atomic mass is 16.6. The Kier molecular flexibility index (Phi) is 5.56. The second-order valence-corrected chi connectivity index (χ2v) is 8.66. The molecule has 0 saturated heterocycles. The van der Waals surface area contributed by atoms with Gasteiger partial charge in [-0.05, 0) is 51.1 Å². The monoisotopic (exact) mass is 435 g/mol. The minimum atomic E-state index is -0.601. The number of carbonyl (C=O) groups is 3. The Morgan fingerprint density at radius 3 is 2.78 bits per heavy atom. The summed E-state index contributed by atoms with van der Waals surface area (Å²) in [5.74, 6) is -0.497. The summed E-state index contributed by atoms with van der Waals surface area (Å²) in [7, 11) is 0. The summed E-state index contributed by atoms with van der Waals surface area (Å²) in [6.45, 7) is 6.04. The van der Waals surface area contributed by atoms with Gasteiger partial charge in [0.25, 0.3) is 11.8 Å². The smallest absolute Gasteiger partial charge is 0.407 e. The average molecular weight is 435 g/mol. The van der Waals surface area contributed by atoms with Crippen molar-refractivity contribution >= 4 is 34.5 Å². The number of rotatable bonds is 4. The molecule has 1 aliphatic heterocycles. The summed E-state index contributed by atoms with van der Waals surface area (Å²) in [6.07, 6.45) is 2.67. The molecule has 32 heavy (non-hydrogen) atoms. The topological polar surface area (TPSA) is 114 Å². The number of hydrogen-bond donors (Lipinski definition) is 3. The van der Waals surface area contributed by atoms with Gasteiger partial charge in [-0.1, -0.05) is 6.07 Å². The first kappa shape index (κ1) is 21.4. The van der Waals surface area contributed by atoms with Gasteiger partial charge in [-0.3, -0.25) is 14.6 Å². The predicted molar refractivity (Wildman–Crippen MR) is 120 cm³/mol. The Labute approximate surface area is 185 Å². The molecule has 2 aromatic heterocycles. The maximum Gasteiger partial charge on any atom is 0.407 e. The van der Waals surface area contributed by atoms with Crippen LogP contribution in [-0.4, -0.2) is 45.6 Å². The summed E-state index contributed by atoms with van der Waals surface area (Å²) in [6, 6.07) is 10.3. The highest BCUT2D eigenvalue weighted by molar-refractivity contribution is 6.07. The maximum atomic E-state index is 12.7. The van der Waals surface area contributed by atoms with E-state index in [1.165, 1.54) is 0 Å². The largest absolute Gasteiger partial charge is 0.444 e. The van der Waals surface area contributed by atoms with Gasteiger partial charge in [0.05, 0.1) is 17.9 Å². The van der Waals surface area contributed by atoms with Crippen molar-refractivity contribution in [1.82, 2.24) is 20.2 Å². The predicted octanol–water partition coefficient (Wildman–Crippen LogP) is 2.93. The van der Waals surface area contributed by atoms with E-state index in [1.54, 1.807) is 63.5 Å². The number of aromatic nitrogens is 2. The zero-order chi connectivity index (χ0) is 22.9. The molecule has 0 radical (unpaired) electrons. The number of benzene rings is 1. The van der Waals surface area contributed by atoms with Crippen LogP contribution in [0, 0.1) is 0 Å². The zero-order valence-corrected chi connectivity index (χ0v) is 18.1. The van der Waals surface area contributed by atoms with E-state index in [9.17, 15) is 14.4 Å². The number of alkyl carbamates (subject to hydrolysis) is 1. The normalized spacial score (nSPS) is 15.6. The molecule has 3 N–H and O–H groups in total. The molecule has 1 aromatic carbocycles. The van der Waals surface area contributed by atoms with Crippen LogP contribution < -0.4 is 16.0 Å². The van der Waals surface area contributed by atoms with Crippen LogP contribution in [0.15, 0.2) is 48.8 Å². The molecule has 9 nitrogen and oxygen atoms in total. The van der Waals surface area contributed by atoms with E-state index in [1.807, 2.05) is 10.6 Å². The first-order chi connectivity index (χ1) is 15.2. The van der Waals surface area contributed by atoms with Crippen molar-refractivity contribution in [3.63, 3.8) is 0 Å². The number of nitrogens with one attached hydrogen (secondary N) is 3. The van der Waals surface area contributed by atoms with Crippen molar-refractivity contribution in [1.29, 1.82) is 0 Å². The third-order valence-electron chi connectivity index (χ3n) is 4.95. The molecule has 9 heteroatoms. The summed E-state index contributed by atoms with van der Waals surface area (Å²) >= 11 is 0. The van der Waals surface area contributed by atoms with E-state index in [0.29, 0.717) is 23.5 Å². The minimum absolute atomic E-state index is 0.223. The van der Waals surface area contributed by atoms with Gasteiger partial charge in [-0.15, -0.1) is 0 Å². The number of fused-ring (bicyclic) bond motifs is 3. The molecule has 4 rings (SSSR count). The Bertz CT molecular complexity index is 1180. The Morgan fingerprint density at radius 1 is 1.25 bits per heavy atom. The van der Waals surface area contributed by atoms with Gasteiger partial charge in [0, 0.05) is 35.8 Å². The van der Waals surface area contributed by atoms with E-state index in [-0.39, 0.29) is 24.4 Å². The molecule has 0 fully saturated rings. The van der Waals surface area contributed by atoms with Crippen molar-refractivity contribution in [2.24, 2.45) is 0 Å². The Morgan fingerprint density at radius 2 is 2.06 bits per heavy atom. The van der Waals surface area contributed by atoms with Gasteiger partial charge >= 0.3 is 6.09 Å². The summed E-state index contributed by atoms with van der Waals surface area (Å²) in [5.41, 5.74) is 1.75. The lowest BCUT2D eigenvalue weighted by Gasteiger charge is -2.27. The molecule has 0 aliphatic carbocycles. The molecule has 3 amide bonds. The van der Waals surface area contributed by atoms with E-state index < -0.39 is 11.7 Å². The van der Waals surface area contributed by atoms with E-state index in [4.69, 9.17) is 4.74 Å².